The third kappa shape index (κ3) is 4.47. The molecular formula is C3H5BrClN. The molecule has 0 spiro atoms. The highest BCUT2D eigenvalue weighted by Gasteiger charge is 1.82. The van der Waals surface area contributed by atoms with Gasteiger partial charge in [0.05, 0.1) is 0 Å². The van der Waals surface area contributed by atoms with Crippen molar-refractivity contribution in [3.05, 3.63) is 12.7 Å². The number of hydrogen-bond acceptors (Lipinski definition) is 1. The molecule has 0 atom stereocenters. The summed E-state index contributed by atoms with van der Waals surface area (Å²) in [4.78, 5) is 0. The summed E-state index contributed by atoms with van der Waals surface area (Å²) >= 11 is 8.22. The zero-order valence-corrected chi connectivity index (χ0v) is 5.54. The molecule has 0 aliphatic carbocycles. The van der Waals surface area contributed by atoms with Gasteiger partial charge in [0.25, 0.3) is 0 Å². The second-order valence-corrected chi connectivity index (χ2v) is 2.45. The summed E-state index contributed by atoms with van der Waals surface area (Å²) in [7, 11) is 0. The van der Waals surface area contributed by atoms with Gasteiger partial charge < -0.3 is 0 Å². The Bertz CT molecular complexity index is 46.1. The minimum atomic E-state index is 0.654. The molecule has 0 unspecified atom stereocenters. The van der Waals surface area contributed by atoms with Gasteiger partial charge in [-0.15, -0.1) is 6.58 Å². The molecule has 0 N–H and O–H groups in total. The van der Waals surface area contributed by atoms with Gasteiger partial charge >= 0.3 is 0 Å². The average molecular weight is 170 g/mol. The zero-order valence-electron chi connectivity index (χ0n) is 3.19. The molecule has 0 aliphatic rings. The highest BCUT2D eigenvalue weighted by atomic mass is 79.9. The lowest BCUT2D eigenvalue weighted by molar-refractivity contribution is 0.849. The fourth-order valence-electron chi connectivity index (χ4n) is 0.0976. The lowest BCUT2D eigenvalue weighted by Crippen LogP contribution is -1.92. The molecule has 0 aliphatic heterocycles. The first kappa shape index (κ1) is 6.47. The van der Waals surface area contributed by atoms with E-state index in [1.165, 1.54) is 3.45 Å². The third-order valence-corrected chi connectivity index (χ3v) is 0.695. The molecule has 0 bridgehead atoms. The van der Waals surface area contributed by atoms with Crippen LogP contribution in [0.2, 0.25) is 0 Å². The first-order valence-corrected chi connectivity index (χ1v) is 2.52. The molecule has 0 aromatic carbocycles. The maximum Gasteiger partial charge on any atom is 0.0434 e. The van der Waals surface area contributed by atoms with E-state index in [2.05, 4.69) is 22.7 Å². The van der Waals surface area contributed by atoms with Crippen molar-refractivity contribution >= 4 is 27.9 Å². The van der Waals surface area contributed by atoms with E-state index in [-0.39, 0.29) is 0 Å². The van der Waals surface area contributed by atoms with Crippen LogP contribution in [0.1, 0.15) is 0 Å². The van der Waals surface area contributed by atoms with Crippen molar-refractivity contribution in [2.45, 2.75) is 0 Å². The van der Waals surface area contributed by atoms with Gasteiger partial charge in [-0.1, -0.05) is 6.08 Å². The molecule has 0 amide bonds. The van der Waals surface area contributed by atoms with Gasteiger partial charge in [-0.25, -0.2) is 0 Å². The van der Waals surface area contributed by atoms with Crippen molar-refractivity contribution in [1.29, 1.82) is 0 Å². The number of hydrogen-bond donors (Lipinski definition) is 0. The van der Waals surface area contributed by atoms with E-state index in [0.29, 0.717) is 6.54 Å². The first-order chi connectivity index (χ1) is 2.77. The lowest BCUT2D eigenvalue weighted by Gasteiger charge is -1.93. The molecule has 0 radical (unpaired) electrons. The average Bonchev–Trinajstić information content (AvgIpc) is 1.35. The second-order valence-electron chi connectivity index (χ2n) is 0.774. The van der Waals surface area contributed by atoms with Crippen LogP contribution in [0.25, 0.3) is 0 Å². The Labute approximate surface area is 51.0 Å². The number of halogens is 2. The highest BCUT2D eigenvalue weighted by Crippen LogP contribution is 1.98. The van der Waals surface area contributed by atoms with Crippen LogP contribution < -0.4 is 0 Å². The Morgan fingerprint density at radius 2 is 2.50 bits per heavy atom. The van der Waals surface area contributed by atoms with Crippen LogP contribution in [-0.2, 0) is 0 Å². The molecule has 0 rings (SSSR count). The number of nitrogens with zero attached hydrogens (tertiary/aromatic N) is 1. The molecule has 3 heteroatoms. The predicted octanol–water partition coefficient (Wildman–Crippen LogP) is 1.94. The summed E-state index contributed by atoms with van der Waals surface area (Å²) in [5.41, 5.74) is 0. The number of rotatable bonds is 2. The van der Waals surface area contributed by atoms with Gasteiger partial charge in [-0.3, -0.25) is 0 Å². The Morgan fingerprint density at radius 1 is 2.00 bits per heavy atom. The summed E-state index contributed by atoms with van der Waals surface area (Å²) in [5.74, 6) is 0. The van der Waals surface area contributed by atoms with Crippen LogP contribution in [0.3, 0.4) is 0 Å². The minimum Gasteiger partial charge on any atom is -0.151 e. The van der Waals surface area contributed by atoms with Crippen LogP contribution in [0.5, 0.6) is 0 Å². The van der Waals surface area contributed by atoms with E-state index in [1.54, 1.807) is 6.08 Å². The molecule has 0 aromatic rings. The van der Waals surface area contributed by atoms with Crippen molar-refractivity contribution in [3.63, 3.8) is 0 Å². The standard InChI is InChI=1S/C3H5BrClN/c1-2-3-6(4)5/h2H,1,3H2. The van der Waals surface area contributed by atoms with Crippen LogP contribution in [0, 0.1) is 0 Å². The molecule has 0 aromatic heterocycles. The minimum absolute atomic E-state index is 0.654. The molecule has 6 heavy (non-hydrogen) atoms. The van der Waals surface area contributed by atoms with Crippen molar-refractivity contribution in [3.8, 4) is 0 Å². The van der Waals surface area contributed by atoms with Crippen molar-refractivity contribution in [2.75, 3.05) is 6.54 Å². The van der Waals surface area contributed by atoms with Gasteiger partial charge in [0, 0.05) is 22.7 Å². The largest absolute Gasteiger partial charge is 0.151 e. The maximum atomic E-state index is 5.26. The normalized spacial score (nSPS) is 9.17. The molecule has 0 heterocycles. The fourth-order valence-corrected chi connectivity index (χ4v) is 0.400. The monoisotopic (exact) mass is 169 g/mol. The molecule has 0 fully saturated rings. The van der Waals surface area contributed by atoms with E-state index < -0.39 is 0 Å². The van der Waals surface area contributed by atoms with E-state index in [4.69, 9.17) is 11.8 Å². The van der Waals surface area contributed by atoms with E-state index in [1.807, 2.05) is 0 Å². The summed E-state index contributed by atoms with van der Waals surface area (Å²) in [6.45, 7) is 4.10. The quantitative estimate of drug-likeness (QED) is 0.452. The Kier molecular flexibility index (Phi) is 3.94. The lowest BCUT2D eigenvalue weighted by atomic mass is 10.7. The summed E-state index contributed by atoms with van der Waals surface area (Å²) in [6.07, 6.45) is 1.70. The topological polar surface area (TPSA) is 3.24 Å². The summed E-state index contributed by atoms with van der Waals surface area (Å²) < 4.78 is 1.35. The smallest absolute Gasteiger partial charge is 0.0434 e. The van der Waals surface area contributed by atoms with E-state index in [0.717, 1.165) is 0 Å². The fraction of sp³-hybridized carbons (Fsp3) is 0.333. The van der Waals surface area contributed by atoms with Crippen molar-refractivity contribution in [2.24, 2.45) is 0 Å². The molecule has 1 nitrogen and oxygen atoms in total. The van der Waals surface area contributed by atoms with Gasteiger partial charge in [0.15, 0.2) is 0 Å². The van der Waals surface area contributed by atoms with Gasteiger partial charge in [-0.2, -0.15) is 3.45 Å². The van der Waals surface area contributed by atoms with Crippen LogP contribution in [0.4, 0.5) is 0 Å². The Morgan fingerprint density at radius 3 is 2.50 bits per heavy atom. The van der Waals surface area contributed by atoms with Crippen molar-refractivity contribution in [1.82, 2.24) is 3.45 Å². The third-order valence-electron chi connectivity index (χ3n) is 0.267. The van der Waals surface area contributed by atoms with Crippen molar-refractivity contribution < 1.29 is 0 Å². The SMILES string of the molecule is C=CCN(Cl)Br. The molecule has 0 saturated heterocycles. The van der Waals surface area contributed by atoms with Gasteiger partial charge in [0.2, 0.25) is 0 Å². The first-order valence-electron chi connectivity index (χ1n) is 1.47. The summed E-state index contributed by atoms with van der Waals surface area (Å²) in [6, 6.07) is 0. The van der Waals surface area contributed by atoms with Crippen LogP contribution in [0.15, 0.2) is 12.7 Å². The molecule has 0 saturated carbocycles. The zero-order chi connectivity index (χ0) is 4.99. The summed E-state index contributed by atoms with van der Waals surface area (Å²) in [5, 5.41) is 0. The van der Waals surface area contributed by atoms with E-state index >= 15 is 0 Å². The van der Waals surface area contributed by atoms with Crippen LogP contribution >= 0.6 is 27.9 Å². The van der Waals surface area contributed by atoms with Gasteiger partial charge in [0.1, 0.15) is 0 Å². The highest BCUT2D eigenvalue weighted by molar-refractivity contribution is 9.08. The van der Waals surface area contributed by atoms with Gasteiger partial charge in [-0.05, 0) is 11.8 Å². The Balaban J connectivity index is 2.81. The second kappa shape index (κ2) is 3.65. The Hall–Kier alpha value is 0.470. The van der Waals surface area contributed by atoms with E-state index in [9.17, 15) is 0 Å². The molecule has 36 valence electrons. The maximum absolute atomic E-state index is 5.26. The molecular weight excluding hydrogens is 165 g/mol. The van der Waals surface area contributed by atoms with Crippen LogP contribution in [-0.4, -0.2) is 9.99 Å². The predicted molar refractivity (Wildman–Crippen MR) is 31.7 cm³/mol.